The van der Waals surface area contributed by atoms with Gasteiger partial charge in [0.2, 0.25) is 15.9 Å². The van der Waals surface area contributed by atoms with Crippen molar-refractivity contribution in [2.24, 2.45) is 0 Å². The topological polar surface area (TPSA) is 131 Å². The van der Waals surface area contributed by atoms with E-state index in [1.54, 1.807) is 18.2 Å². The highest BCUT2D eigenvalue weighted by Crippen LogP contribution is 2.17. The first-order valence-electron chi connectivity index (χ1n) is 7.18. The fourth-order valence-corrected chi connectivity index (χ4v) is 4.98. The van der Waals surface area contributed by atoms with E-state index in [-0.39, 0.29) is 40.9 Å². The lowest BCUT2D eigenvalue weighted by molar-refractivity contribution is 0.489. The zero-order valence-corrected chi connectivity index (χ0v) is 14.2. The van der Waals surface area contributed by atoms with Crippen molar-refractivity contribution in [2.75, 3.05) is 16.8 Å². The van der Waals surface area contributed by atoms with Gasteiger partial charge in [0.05, 0.1) is 22.9 Å². The Morgan fingerprint density at radius 3 is 2.62 bits per heavy atom. The van der Waals surface area contributed by atoms with Gasteiger partial charge >= 0.3 is 6.01 Å². The number of aromatic nitrogens is 2. The van der Waals surface area contributed by atoms with Crippen LogP contribution in [0, 0.1) is 0 Å². The van der Waals surface area contributed by atoms with Crippen LogP contribution < -0.4 is 10.0 Å². The monoisotopic (exact) mass is 372 g/mol. The molecule has 0 aliphatic carbocycles. The molecular formula is C13H16N4O5S2. The van der Waals surface area contributed by atoms with Crippen LogP contribution in [0.15, 0.2) is 39.6 Å². The van der Waals surface area contributed by atoms with Crippen molar-refractivity contribution in [1.82, 2.24) is 14.9 Å². The van der Waals surface area contributed by atoms with Crippen LogP contribution in [0.4, 0.5) is 6.01 Å². The number of rotatable bonds is 6. The number of nitrogens with zero attached hydrogens (tertiary/aromatic N) is 2. The fourth-order valence-electron chi connectivity index (χ4n) is 2.31. The summed E-state index contributed by atoms with van der Waals surface area (Å²) in [6, 6.07) is 7.72. The Kier molecular flexibility index (Phi) is 4.56. The Morgan fingerprint density at radius 1 is 1.21 bits per heavy atom. The summed E-state index contributed by atoms with van der Waals surface area (Å²) in [5.41, 5.74) is 0. The molecule has 1 aromatic carbocycles. The third-order valence-corrected chi connectivity index (χ3v) is 6.68. The molecule has 0 bridgehead atoms. The maximum atomic E-state index is 12.1. The highest BCUT2D eigenvalue weighted by molar-refractivity contribution is 7.91. The van der Waals surface area contributed by atoms with Crippen molar-refractivity contribution in [2.45, 2.75) is 23.9 Å². The van der Waals surface area contributed by atoms with Gasteiger partial charge in [0.25, 0.3) is 0 Å². The molecule has 1 atom stereocenters. The molecule has 130 valence electrons. The molecule has 0 amide bonds. The second-order valence-corrected chi connectivity index (χ2v) is 9.38. The van der Waals surface area contributed by atoms with Gasteiger partial charge in [-0.3, -0.25) is 0 Å². The van der Waals surface area contributed by atoms with Gasteiger partial charge in [-0.05, 0) is 18.6 Å². The fraction of sp³-hybridized carbons (Fsp3) is 0.385. The van der Waals surface area contributed by atoms with E-state index in [1.807, 2.05) is 0 Å². The van der Waals surface area contributed by atoms with Crippen molar-refractivity contribution >= 4 is 25.9 Å². The SMILES string of the molecule is O=S1(=O)CCC(Nc2nnc(CNS(=O)(=O)c3ccccc3)o2)C1. The molecule has 1 fully saturated rings. The first-order chi connectivity index (χ1) is 11.3. The predicted molar refractivity (Wildman–Crippen MR) is 85.4 cm³/mol. The van der Waals surface area contributed by atoms with E-state index in [9.17, 15) is 16.8 Å². The summed E-state index contributed by atoms with van der Waals surface area (Å²) >= 11 is 0. The van der Waals surface area contributed by atoms with Gasteiger partial charge in [0, 0.05) is 6.04 Å². The molecule has 11 heteroatoms. The normalized spacial score (nSPS) is 20.1. The molecule has 3 rings (SSSR count). The third-order valence-electron chi connectivity index (χ3n) is 3.49. The van der Waals surface area contributed by atoms with E-state index in [2.05, 4.69) is 20.2 Å². The molecule has 1 unspecified atom stereocenters. The lowest BCUT2D eigenvalue weighted by Crippen LogP contribution is -2.23. The average molecular weight is 372 g/mol. The molecule has 0 spiro atoms. The minimum atomic E-state index is -3.66. The summed E-state index contributed by atoms with van der Waals surface area (Å²) in [6.45, 7) is -0.158. The molecule has 0 saturated carbocycles. The lowest BCUT2D eigenvalue weighted by Gasteiger charge is -2.06. The van der Waals surface area contributed by atoms with Crippen LogP contribution in [-0.2, 0) is 26.4 Å². The maximum absolute atomic E-state index is 12.1. The Hall–Kier alpha value is -1.98. The molecule has 2 N–H and O–H groups in total. The average Bonchev–Trinajstić information content (AvgIpc) is 3.13. The third kappa shape index (κ3) is 4.10. The van der Waals surface area contributed by atoms with E-state index in [0.717, 1.165) is 0 Å². The highest BCUT2D eigenvalue weighted by atomic mass is 32.2. The number of hydrogen-bond acceptors (Lipinski definition) is 8. The number of benzene rings is 1. The van der Waals surface area contributed by atoms with Crippen molar-refractivity contribution in [3.63, 3.8) is 0 Å². The molecule has 9 nitrogen and oxygen atoms in total. The van der Waals surface area contributed by atoms with Crippen molar-refractivity contribution < 1.29 is 21.3 Å². The van der Waals surface area contributed by atoms with Crippen molar-refractivity contribution in [3.05, 3.63) is 36.2 Å². The molecule has 0 radical (unpaired) electrons. The van der Waals surface area contributed by atoms with E-state index < -0.39 is 19.9 Å². The van der Waals surface area contributed by atoms with Gasteiger partial charge in [0.15, 0.2) is 9.84 Å². The highest BCUT2D eigenvalue weighted by Gasteiger charge is 2.28. The summed E-state index contributed by atoms with van der Waals surface area (Å²) < 4.78 is 54.6. The predicted octanol–water partition coefficient (Wildman–Crippen LogP) is 0.147. The zero-order valence-electron chi connectivity index (χ0n) is 12.5. The Labute approximate surface area is 139 Å². The van der Waals surface area contributed by atoms with Gasteiger partial charge in [0.1, 0.15) is 0 Å². The van der Waals surface area contributed by atoms with Crippen LogP contribution in [0.2, 0.25) is 0 Å². The van der Waals surface area contributed by atoms with Crippen molar-refractivity contribution in [1.29, 1.82) is 0 Å². The van der Waals surface area contributed by atoms with E-state index >= 15 is 0 Å². The van der Waals surface area contributed by atoms with Gasteiger partial charge in [-0.2, -0.15) is 0 Å². The first kappa shape index (κ1) is 16.9. The minimum absolute atomic E-state index is 0.0192. The van der Waals surface area contributed by atoms with Crippen LogP contribution in [0.5, 0.6) is 0 Å². The second kappa shape index (κ2) is 6.49. The summed E-state index contributed by atoms with van der Waals surface area (Å²) in [4.78, 5) is 0.138. The van der Waals surface area contributed by atoms with Gasteiger partial charge in [-0.15, -0.1) is 5.10 Å². The van der Waals surface area contributed by atoms with Gasteiger partial charge < -0.3 is 9.73 Å². The summed E-state index contributed by atoms with van der Waals surface area (Å²) in [7, 11) is -6.68. The molecule has 1 aliphatic heterocycles. The number of anilines is 1. The molecule has 2 heterocycles. The Bertz CT molecular complexity index is 909. The van der Waals surface area contributed by atoms with Crippen LogP contribution in [-0.4, -0.2) is 44.6 Å². The van der Waals surface area contributed by atoms with E-state index in [4.69, 9.17) is 4.42 Å². The Balaban J connectivity index is 1.59. The zero-order chi connectivity index (χ0) is 17.2. The summed E-state index contributed by atoms with van der Waals surface area (Å²) in [5.74, 6) is 0.228. The number of nitrogens with one attached hydrogen (secondary N) is 2. The smallest absolute Gasteiger partial charge is 0.315 e. The number of sulfone groups is 1. The molecule has 2 aromatic rings. The summed E-state index contributed by atoms with van der Waals surface area (Å²) in [5, 5.41) is 10.3. The van der Waals surface area contributed by atoms with Gasteiger partial charge in [-0.1, -0.05) is 23.3 Å². The molecule has 1 aliphatic rings. The van der Waals surface area contributed by atoms with Crippen molar-refractivity contribution in [3.8, 4) is 0 Å². The minimum Gasteiger partial charge on any atom is -0.407 e. The molecule has 1 aromatic heterocycles. The Morgan fingerprint density at radius 2 is 1.96 bits per heavy atom. The number of hydrogen-bond donors (Lipinski definition) is 2. The quantitative estimate of drug-likeness (QED) is 0.732. The lowest BCUT2D eigenvalue weighted by atomic mass is 10.3. The largest absolute Gasteiger partial charge is 0.407 e. The second-order valence-electron chi connectivity index (χ2n) is 5.38. The molecule has 1 saturated heterocycles. The number of sulfonamides is 1. The van der Waals surface area contributed by atoms with Gasteiger partial charge in [-0.25, -0.2) is 21.6 Å². The van der Waals surface area contributed by atoms with E-state index in [1.165, 1.54) is 12.1 Å². The van der Waals surface area contributed by atoms with Crippen LogP contribution in [0.25, 0.3) is 0 Å². The standard InChI is InChI=1S/C13H16N4O5S2/c18-23(19)7-6-10(9-23)15-13-17-16-12(22-13)8-14-24(20,21)11-4-2-1-3-5-11/h1-5,10,14H,6-9H2,(H,15,17). The molecular weight excluding hydrogens is 356 g/mol. The van der Waals surface area contributed by atoms with E-state index in [0.29, 0.717) is 6.42 Å². The first-order valence-corrected chi connectivity index (χ1v) is 10.5. The van der Waals surface area contributed by atoms with Crippen LogP contribution >= 0.6 is 0 Å². The molecule has 24 heavy (non-hydrogen) atoms. The van der Waals surface area contributed by atoms with Crippen LogP contribution in [0.1, 0.15) is 12.3 Å². The van der Waals surface area contributed by atoms with Crippen LogP contribution in [0.3, 0.4) is 0 Å². The maximum Gasteiger partial charge on any atom is 0.315 e. The summed E-state index contributed by atoms with van der Waals surface area (Å²) in [6.07, 6.45) is 0.473.